The third-order valence-electron chi connectivity index (χ3n) is 3.85. The molecule has 7 heteroatoms. The standard InChI is InChI=1S/C20H18F3N3O/c21-20(22,23)18-11-12-24-19(26-18)25-17(16-9-5-2-6-10-16)14-27-13-15-7-3-1-4-8-15/h1-12,17H,13-14H2,(H,24,25,26)/t17-/m0/s1. The van der Waals surface area contributed by atoms with Crippen LogP contribution in [0.1, 0.15) is 22.9 Å². The molecule has 1 aromatic heterocycles. The van der Waals surface area contributed by atoms with Gasteiger partial charge in [0.2, 0.25) is 5.95 Å². The first-order valence-electron chi connectivity index (χ1n) is 8.36. The first kappa shape index (κ1) is 18.8. The van der Waals surface area contributed by atoms with Crippen LogP contribution in [0, 0.1) is 0 Å². The zero-order valence-electron chi connectivity index (χ0n) is 14.4. The number of alkyl halides is 3. The van der Waals surface area contributed by atoms with Crippen LogP contribution in [0.15, 0.2) is 72.9 Å². The maximum absolute atomic E-state index is 12.9. The molecule has 0 aliphatic carbocycles. The molecule has 0 saturated carbocycles. The largest absolute Gasteiger partial charge is 0.433 e. The lowest BCUT2D eigenvalue weighted by molar-refractivity contribution is -0.141. The third-order valence-corrected chi connectivity index (χ3v) is 3.85. The fraction of sp³-hybridized carbons (Fsp3) is 0.200. The van der Waals surface area contributed by atoms with Crippen molar-refractivity contribution >= 4 is 5.95 Å². The number of nitrogens with zero attached hydrogens (tertiary/aromatic N) is 2. The van der Waals surface area contributed by atoms with Crippen molar-refractivity contribution in [1.82, 2.24) is 9.97 Å². The molecule has 0 spiro atoms. The summed E-state index contributed by atoms with van der Waals surface area (Å²) in [5.74, 6) is -0.0954. The van der Waals surface area contributed by atoms with Crippen LogP contribution in [0.5, 0.6) is 0 Å². The molecule has 0 aliphatic heterocycles. The van der Waals surface area contributed by atoms with Gasteiger partial charge in [-0.3, -0.25) is 0 Å². The van der Waals surface area contributed by atoms with E-state index in [9.17, 15) is 13.2 Å². The fourth-order valence-corrected chi connectivity index (χ4v) is 2.52. The van der Waals surface area contributed by atoms with E-state index in [4.69, 9.17) is 4.74 Å². The second-order valence-corrected chi connectivity index (χ2v) is 5.87. The second kappa shape index (κ2) is 8.64. The summed E-state index contributed by atoms with van der Waals surface area (Å²) in [6.45, 7) is 0.647. The predicted octanol–water partition coefficient (Wildman–Crippen LogP) is 4.87. The van der Waals surface area contributed by atoms with Crippen molar-refractivity contribution in [3.63, 3.8) is 0 Å². The van der Waals surface area contributed by atoms with Gasteiger partial charge in [0.1, 0.15) is 5.69 Å². The van der Waals surface area contributed by atoms with Crippen LogP contribution in [-0.4, -0.2) is 16.6 Å². The number of aromatic nitrogens is 2. The highest BCUT2D eigenvalue weighted by atomic mass is 19.4. The van der Waals surface area contributed by atoms with E-state index in [1.54, 1.807) is 0 Å². The van der Waals surface area contributed by atoms with Crippen LogP contribution in [-0.2, 0) is 17.5 Å². The van der Waals surface area contributed by atoms with E-state index in [1.165, 1.54) is 0 Å². The van der Waals surface area contributed by atoms with E-state index in [-0.39, 0.29) is 12.6 Å². The molecule has 4 nitrogen and oxygen atoms in total. The zero-order chi connectivity index (χ0) is 19.1. The van der Waals surface area contributed by atoms with Crippen LogP contribution in [0.3, 0.4) is 0 Å². The zero-order valence-corrected chi connectivity index (χ0v) is 14.4. The van der Waals surface area contributed by atoms with E-state index in [0.29, 0.717) is 6.61 Å². The Hall–Kier alpha value is -2.93. The summed E-state index contributed by atoms with van der Waals surface area (Å²) < 4.78 is 44.4. The van der Waals surface area contributed by atoms with Gasteiger partial charge in [0, 0.05) is 6.20 Å². The van der Waals surface area contributed by atoms with E-state index < -0.39 is 17.9 Å². The van der Waals surface area contributed by atoms with Gasteiger partial charge in [-0.1, -0.05) is 60.7 Å². The van der Waals surface area contributed by atoms with Gasteiger partial charge in [0.15, 0.2) is 0 Å². The van der Waals surface area contributed by atoms with Gasteiger partial charge in [0.05, 0.1) is 19.3 Å². The van der Waals surface area contributed by atoms with Gasteiger partial charge in [0.25, 0.3) is 0 Å². The lowest BCUT2D eigenvalue weighted by atomic mass is 10.1. The van der Waals surface area contributed by atoms with Crippen molar-refractivity contribution in [2.45, 2.75) is 18.8 Å². The topological polar surface area (TPSA) is 47.0 Å². The minimum absolute atomic E-state index is 0.0954. The Morgan fingerprint density at radius 1 is 0.926 bits per heavy atom. The maximum Gasteiger partial charge on any atom is 0.433 e. The molecular formula is C20H18F3N3O. The van der Waals surface area contributed by atoms with E-state index in [1.807, 2.05) is 60.7 Å². The Morgan fingerprint density at radius 3 is 2.26 bits per heavy atom. The van der Waals surface area contributed by atoms with Crippen LogP contribution in [0.2, 0.25) is 0 Å². The summed E-state index contributed by atoms with van der Waals surface area (Å²) in [7, 11) is 0. The van der Waals surface area contributed by atoms with E-state index in [0.717, 1.165) is 23.4 Å². The molecule has 0 amide bonds. The van der Waals surface area contributed by atoms with Crippen molar-refractivity contribution in [1.29, 1.82) is 0 Å². The highest BCUT2D eigenvalue weighted by Gasteiger charge is 2.33. The molecule has 0 aliphatic rings. The Balaban J connectivity index is 1.73. The number of hydrogen-bond donors (Lipinski definition) is 1. The molecule has 3 aromatic rings. The van der Waals surface area contributed by atoms with Crippen molar-refractivity contribution in [2.24, 2.45) is 0 Å². The average Bonchev–Trinajstić information content (AvgIpc) is 2.68. The van der Waals surface area contributed by atoms with Crippen LogP contribution in [0.4, 0.5) is 19.1 Å². The SMILES string of the molecule is FC(F)(F)c1ccnc(N[C@@H](COCc2ccccc2)c2ccccc2)n1. The second-order valence-electron chi connectivity index (χ2n) is 5.87. The number of benzene rings is 2. The quantitative estimate of drug-likeness (QED) is 0.642. The number of nitrogens with one attached hydrogen (secondary N) is 1. The van der Waals surface area contributed by atoms with Gasteiger partial charge in [-0.25, -0.2) is 9.97 Å². The summed E-state index contributed by atoms with van der Waals surface area (Å²) in [5, 5.41) is 2.95. The molecule has 0 radical (unpaired) electrons. The molecule has 0 bridgehead atoms. The van der Waals surface area contributed by atoms with Gasteiger partial charge in [-0.2, -0.15) is 13.2 Å². The first-order valence-corrected chi connectivity index (χ1v) is 8.36. The maximum atomic E-state index is 12.9. The summed E-state index contributed by atoms with van der Waals surface area (Å²) in [5.41, 5.74) is 0.892. The monoisotopic (exact) mass is 373 g/mol. The highest BCUT2D eigenvalue weighted by molar-refractivity contribution is 5.33. The van der Waals surface area contributed by atoms with E-state index in [2.05, 4.69) is 15.3 Å². The normalized spacial score (nSPS) is 12.6. The molecule has 1 heterocycles. The Bertz CT molecular complexity index is 842. The molecule has 27 heavy (non-hydrogen) atoms. The summed E-state index contributed by atoms with van der Waals surface area (Å²) in [6, 6.07) is 19.4. The Kier molecular flexibility index (Phi) is 6.03. The van der Waals surface area contributed by atoms with Gasteiger partial charge in [-0.05, 0) is 17.2 Å². The molecule has 2 aromatic carbocycles. The van der Waals surface area contributed by atoms with Gasteiger partial charge >= 0.3 is 6.18 Å². The summed E-state index contributed by atoms with van der Waals surface area (Å²) >= 11 is 0. The molecular weight excluding hydrogens is 355 g/mol. The Labute approximate surface area is 155 Å². The smallest absolute Gasteiger partial charge is 0.374 e. The van der Waals surface area contributed by atoms with Crippen molar-refractivity contribution < 1.29 is 17.9 Å². The number of hydrogen-bond acceptors (Lipinski definition) is 4. The molecule has 0 unspecified atom stereocenters. The lowest BCUT2D eigenvalue weighted by Crippen LogP contribution is -2.20. The van der Waals surface area contributed by atoms with Crippen molar-refractivity contribution in [3.8, 4) is 0 Å². The van der Waals surface area contributed by atoms with Crippen LogP contribution >= 0.6 is 0 Å². The highest BCUT2D eigenvalue weighted by Crippen LogP contribution is 2.28. The Morgan fingerprint density at radius 2 is 1.59 bits per heavy atom. The average molecular weight is 373 g/mol. The van der Waals surface area contributed by atoms with Crippen molar-refractivity contribution in [2.75, 3.05) is 11.9 Å². The summed E-state index contributed by atoms with van der Waals surface area (Å²) in [4.78, 5) is 7.48. The minimum Gasteiger partial charge on any atom is -0.374 e. The molecule has 1 atom stereocenters. The molecule has 0 saturated heterocycles. The van der Waals surface area contributed by atoms with Crippen LogP contribution in [0.25, 0.3) is 0 Å². The number of anilines is 1. The fourth-order valence-electron chi connectivity index (χ4n) is 2.52. The van der Waals surface area contributed by atoms with Gasteiger partial charge in [-0.15, -0.1) is 0 Å². The summed E-state index contributed by atoms with van der Waals surface area (Å²) in [6.07, 6.45) is -3.43. The van der Waals surface area contributed by atoms with E-state index >= 15 is 0 Å². The lowest BCUT2D eigenvalue weighted by Gasteiger charge is -2.20. The van der Waals surface area contributed by atoms with Crippen molar-refractivity contribution in [3.05, 3.63) is 89.7 Å². The molecule has 3 rings (SSSR count). The number of rotatable bonds is 7. The number of ether oxygens (including phenoxy) is 1. The minimum atomic E-state index is -4.52. The predicted molar refractivity (Wildman–Crippen MR) is 95.9 cm³/mol. The first-order chi connectivity index (χ1) is 13.0. The third kappa shape index (κ3) is 5.52. The molecule has 140 valence electrons. The number of halogens is 3. The molecule has 1 N–H and O–H groups in total. The van der Waals surface area contributed by atoms with Gasteiger partial charge < -0.3 is 10.1 Å². The molecule has 0 fully saturated rings. The van der Waals surface area contributed by atoms with Crippen LogP contribution < -0.4 is 5.32 Å².